The van der Waals surface area contributed by atoms with Gasteiger partial charge in [0.1, 0.15) is 5.82 Å². The van der Waals surface area contributed by atoms with Gasteiger partial charge in [0.25, 0.3) is 0 Å². The number of alkyl halides is 1. The van der Waals surface area contributed by atoms with E-state index in [2.05, 4.69) is 4.90 Å². The first-order valence-electron chi connectivity index (χ1n) is 4.41. The van der Waals surface area contributed by atoms with E-state index >= 15 is 0 Å². The van der Waals surface area contributed by atoms with Gasteiger partial charge in [-0.15, -0.1) is 11.6 Å². The van der Waals surface area contributed by atoms with Crippen molar-refractivity contribution in [3.8, 4) is 0 Å². The summed E-state index contributed by atoms with van der Waals surface area (Å²) in [6.07, 6.45) is 1.19. The van der Waals surface area contributed by atoms with Crippen molar-refractivity contribution >= 4 is 17.3 Å². The third-order valence-corrected chi connectivity index (χ3v) is 2.69. The molecule has 2 rings (SSSR count). The molecule has 0 radical (unpaired) electrons. The molecule has 1 fully saturated rings. The smallest absolute Gasteiger partial charge is 0.129 e. The lowest BCUT2D eigenvalue weighted by atomic mass is 10.1. The molecule has 1 aliphatic heterocycles. The second kappa shape index (κ2) is 3.54. The molecule has 0 N–H and O–H groups in total. The summed E-state index contributed by atoms with van der Waals surface area (Å²) in [7, 11) is 0. The molecule has 1 aromatic rings. The van der Waals surface area contributed by atoms with Gasteiger partial charge >= 0.3 is 0 Å². The van der Waals surface area contributed by atoms with Crippen LogP contribution in [-0.2, 0) is 5.88 Å². The van der Waals surface area contributed by atoms with Crippen LogP contribution < -0.4 is 4.90 Å². The summed E-state index contributed by atoms with van der Waals surface area (Å²) < 4.78 is 13.3. The van der Waals surface area contributed by atoms with Crippen LogP contribution in [0.1, 0.15) is 12.0 Å². The average molecular weight is 200 g/mol. The fourth-order valence-electron chi connectivity index (χ4n) is 1.53. The topological polar surface area (TPSA) is 3.24 Å². The number of hydrogen-bond acceptors (Lipinski definition) is 1. The highest BCUT2D eigenvalue weighted by atomic mass is 35.5. The summed E-state index contributed by atoms with van der Waals surface area (Å²) in [5.74, 6) is 0.0535. The Morgan fingerprint density at radius 2 is 2.15 bits per heavy atom. The van der Waals surface area contributed by atoms with Crippen molar-refractivity contribution in [2.24, 2.45) is 0 Å². The standard InChI is InChI=1S/C10H11ClFN/c11-7-8-9(12)3-1-4-10(8)13-5-2-6-13/h1,3-4H,2,5-7H2. The molecule has 0 aliphatic carbocycles. The van der Waals surface area contributed by atoms with Crippen LogP contribution in [0.25, 0.3) is 0 Å². The monoisotopic (exact) mass is 199 g/mol. The molecule has 3 heteroatoms. The van der Waals surface area contributed by atoms with Crippen LogP contribution in [0.4, 0.5) is 10.1 Å². The van der Waals surface area contributed by atoms with Gasteiger partial charge in [0.2, 0.25) is 0 Å². The largest absolute Gasteiger partial charge is 0.371 e. The first kappa shape index (κ1) is 8.82. The maximum atomic E-state index is 13.3. The van der Waals surface area contributed by atoms with Crippen LogP contribution in [0.15, 0.2) is 18.2 Å². The molecule has 1 aromatic carbocycles. The van der Waals surface area contributed by atoms with Crippen molar-refractivity contribution in [3.05, 3.63) is 29.6 Å². The van der Waals surface area contributed by atoms with Crippen molar-refractivity contribution in [1.82, 2.24) is 0 Å². The maximum Gasteiger partial charge on any atom is 0.129 e. The Balaban J connectivity index is 2.37. The Kier molecular flexibility index (Phi) is 2.40. The summed E-state index contributed by atoms with van der Waals surface area (Å²) in [6.45, 7) is 2.04. The predicted molar refractivity (Wildman–Crippen MR) is 52.8 cm³/mol. The number of halogens is 2. The molecule has 0 unspecified atom stereocenters. The molecule has 70 valence electrons. The highest BCUT2D eigenvalue weighted by molar-refractivity contribution is 6.17. The highest BCUT2D eigenvalue weighted by Gasteiger charge is 2.18. The molecular weight excluding hydrogens is 189 g/mol. The fraction of sp³-hybridized carbons (Fsp3) is 0.400. The molecule has 0 saturated carbocycles. The lowest BCUT2D eigenvalue weighted by Crippen LogP contribution is -2.37. The van der Waals surface area contributed by atoms with Gasteiger partial charge in [0.15, 0.2) is 0 Å². The third-order valence-electron chi connectivity index (χ3n) is 2.42. The predicted octanol–water partition coefficient (Wildman–Crippen LogP) is 2.77. The molecule has 0 bridgehead atoms. The third kappa shape index (κ3) is 1.51. The van der Waals surface area contributed by atoms with E-state index in [1.807, 2.05) is 6.07 Å². The van der Waals surface area contributed by atoms with Crippen LogP contribution in [0.3, 0.4) is 0 Å². The second-order valence-electron chi connectivity index (χ2n) is 3.21. The van der Waals surface area contributed by atoms with E-state index in [-0.39, 0.29) is 11.7 Å². The molecule has 0 aromatic heterocycles. The number of hydrogen-bond donors (Lipinski definition) is 0. The van der Waals surface area contributed by atoms with E-state index in [0.717, 1.165) is 18.8 Å². The van der Waals surface area contributed by atoms with Gasteiger partial charge in [0, 0.05) is 24.3 Å². The average Bonchev–Trinajstić information content (AvgIpc) is 2.01. The summed E-state index contributed by atoms with van der Waals surface area (Å²) >= 11 is 5.70. The van der Waals surface area contributed by atoms with Crippen LogP contribution in [0.5, 0.6) is 0 Å². The first-order chi connectivity index (χ1) is 6.33. The Morgan fingerprint density at radius 3 is 2.69 bits per heavy atom. The van der Waals surface area contributed by atoms with E-state index in [9.17, 15) is 4.39 Å². The van der Waals surface area contributed by atoms with Gasteiger partial charge in [-0.1, -0.05) is 6.07 Å². The molecule has 1 nitrogen and oxygen atoms in total. The second-order valence-corrected chi connectivity index (χ2v) is 3.48. The summed E-state index contributed by atoms with van der Waals surface area (Å²) in [4.78, 5) is 2.15. The van der Waals surface area contributed by atoms with E-state index in [4.69, 9.17) is 11.6 Å². The minimum Gasteiger partial charge on any atom is -0.371 e. The molecular formula is C10H11ClFN. The quantitative estimate of drug-likeness (QED) is 0.663. The van der Waals surface area contributed by atoms with Crippen LogP contribution in [0, 0.1) is 5.82 Å². The molecule has 13 heavy (non-hydrogen) atoms. The van der Waals surface area contributed by atoms with Gasteiger partial charge < -0.3 is 4.90 Å². The molecule has 1 heterocycles. The summed E-state index contributed by atoms with van der Waals surface area (Å²) in [5, 5.41) is 0. The van der Waals surface area contributed by atoms with E-state index < -0.39 is 0 Å². The minimum absolute atomic E-state index is 0.195. The number of benzene rings is 1. The number of nitrogens with zero attached hydrogens (tertiary/aromatic N) is 1. The van der Waals surface area contributed by atoms with Crippen molar-refractivity contribution in [2.75, 3.05) is 18.0 Å². The van der Waals surface area contributed by atoms with Crippen molar-refractivity contribution in [1.29, 1.82) is 0 Å². The van der Waals surface area contributed by atoms with E-state index in [0.29, 0.717) is 5.56 Å². The van der Waals surface area contributed by atoms with Crippen molar-refractivity contribution in [2.45, 2.75) is 12.3 Å². The van der Waals surface area contributed by atoms with Gasteiger partial charge in [-0.05, 0) is 18.6 Å². The van der Waals surface area contributed by atoms with Gasteiger partial charge in [-0.2, -0.15) is 0 Å². The molecule has 0 atom stereocenters. The normalized spacial score (nSPS) is 15.7. The molecule has 1 aliphatic rings. The molecule has 0 amide bonds. The van der Waals surface area contributed by atoms with E-state index in [1.54, 1.807) is 6.07 Å². The zero-order valence-corrected chi connectivity index (χ0v) is 8.02. The summed E-state index contributed by atoms with van der Waals surface area (Å²) in [6, 6.07) is 5.12. The fourth-order valence-corrected chi connectivity index (χ4v) is 1.80. The van der Waals surface area contributed by atoms with Gasteiger partial charge in [0.05, 0.1) is 5.88 Å². The first-order valence-corrected chi connectivity index (χ1v) is 4.94. The molecule has 1 saturated heterocycles. The maximum absolute atomic E-state index is 13.3. The van der Waals surface area contributed by atoms with Crippen LogP contribution in [0.2, 0.25) is 0 Å². The van der Waals surface area contributed by atoms with Crippen LogP contribution >= 0.6 is 11.6 Å². The highest BCUT2D eigenvalue weighted by Crippen LogP contribution is 2.28. The Labute approximate surface area is 82.1 Å². The number of rotatable bonds is 2. The van der Waals surface area contributed by atoms with Crippen molar-refractivity contribution in [3.63, 3.8) is 0 Å². The molecule has 0 spiro atoms. The number of anilines is 1. The van der Waals surface area contributed by atoms with E-state index in [1.165, 1.54) is 12.5 Å². The SMILES string of the molecule is Fc1cccc(N2CCC2)c1CCl. The Morgan fingerprint density at radius 1 is 1.38 bits per heavy atom. The summed E-state index contributed by atoms with van der Waals surface area (Å²) in [5.41, 5.74) is 1.59. The zero-order valence-electron chi connectivity index (χ0n) is 7.26. The lowest BCUT2D eigenvalue weighted by molar-refractivity contribution is 0.594. The van der Waals surface area contributed by atoms with Gasteiger partial charge in [-0.3, -0.25) is 0 Å². The zero-order chi connectivity index (χ0) is 9.26. The van der Waals surface area contributed by atoms with Gasteiger partial charge in [-0.25, -0.2) is 4.39 Å². The minimum atomic E-state index is -0.195. The van der Waals surface area contributed by atoms with Crippen LogP contribution in [-0.4, -0.2) is 13.1 Å². The lowest BCUT2D eigenvalue weighted by Gasteiger charge is -2.34. The Bertz CT molecular complexity index is 310. The van der Waals surface area contributed by atoms with Crippen molar-refractivity contribution < 1.29 is 4.39 Å². The Hall–Kier alpha value is -0.760.